The predicted molar refractivity (Wildman–Crippen MR) is 79.3 cm³/mol. The second kappa shape index (κ2) is 6.54. The molecule has 4 nitrogen and oxygen atoms in total. The molecule has 0 aliphatic rings. The lowest BCUT2D eigenvalue weighted by Gasteiger charge is -2.07. The number of benzene rings is 2. The molecule has 1 amide bonds. The van der Waals surface area contributed by atoms with Gasteiger partial charge in [0.25, 0.3) is 5.91 Å². The number of phenolic OH excluding ortho intramolecular Hbond substituents is 1. The molecule has 2 aromatic carbocycles. The molecule has 0 bridgehead atoms. The van der Waals surface area contributed by atoms with Gasteiger partial charge in [0.2, 0.25) is 0 Å². The fraction of sp³-hybridized carbons (Fsp3) is 0.133. The molecule has 2 rings (SSSR count). The molecule has 0 unspecified atom stereocenters. The van der Waals surface area contributed by atoms with Crippen LogP contribution in [0.15, 0.2) is 46.9 Å². The number of phenols is 1. The lowest BCUT2D eigenvalue weighted by Crippen LogP contribution is -2.22. The van der Waals surface area contributed by atoms with Crippen molar-refractivity contribution in [2.45, 2.75) is 13.2 Å². The van der Waals surface area contributed by atoms with Crippen LogP contribution >= 0.6 is 15.9 Å². The molecule has 0 aliphatic heterocycles. The Morgan fingerprint density at radius 3 is 2.35 bits per heavy atom. The third-order valence-electron chi connectivity index (χ3n) is 2.87. The summed E-state index contributed by atoms with van der Waals surface area (Å²) >= 11 is 3.17. The van der Waals surface area contributed by atoms with Gasteiger partial charge in [-0.05, 0) is 45.3 Å². The number of nitrogens with one attached hydrogen (secondary N) is 1. The van der Waals surface area contributed by atoms with Crippen LogP contribution in [-0.4, -0.2) is 16.1 Å². The first-order valence-corrected chi connectivity index (χ1v) is 6.85. The average Bonchev–Trinajstić information content (AvgIpc) is 2.48. The minimum atomic E-state index is -0.251. The molecule has 0 saturated carbocycles. The molecule has 0 fully saturated rings. The van der Waals surface area contributed by atoms with E-state index in [2.05, 4.69) is 21.2 Å². The third kappa shape index (κ3) is 3.59. The Hall–Kier alpha value is -1.85. The van der Waals surface area contributed by atoms with Gasteiger partial charge in [0.1, 0.15) is 5.75 Å². The first-order valence-electron chi connectivity index (χ1n) is 6.05. The Morgan fingerprint density at radius 2 is 1.75 bits per heavy atom. The summed E-state index contributed by atoms with van der Waals surface area (Å²) in [7, 11) is 0. The number of halogens is 1. The summed E-state index contributed by atoms with van der Waals surface area (Å²) in [6.45, 7) is 0.395. The maximum absolute atomic E-state index is 11.9. The number of hydrogen-bond acceptors (Lipinski definition) is 3. The van der Waals surface area contributed by atoms with E-state index in [1.54, 1.807) is 12.1 Å². The van der Waals surface area contributed by atoms with Crippen LogP contribution in [0.5, 0.6) is 5.75 Å². The summed E-state index contributed by atoms with van der Waals surface area (Å²) in [4.78, 5) is 11.9. The Bertz CT molecular complexity index is 611. The van der Waals surface area contributed by atoms with Gasteiger partial charge in [-0.25, -0.2) is 0 Å². The quantitative estimate of drug-likeness (QED) is 0.804. The highest BCUT2D eigenvalue weighted by Crippen LogP contribution is 2.24. The van der Waals surface area contributed by atoms with Crippen LogP contribution in [0.4, 0.5) is 0 Å². The van der Waals surface area contributed by atoms with Crippen LogP contribution < -0.4 is 5.32 Å². The van der Waals surface area contributed by atoms with Crippen molar-refractivity contribution in [1.29, 1.82) is 0 Å². The fourth-order valence-electron chi connectivity index (χ4n) is 1.70. The standard InChI is InChI=1S/C15H14BrNO3/c16-13-6-5-12(7-14(13)19)15(20)17-8-10-1-3-11(9-18)4-2-10/h1-7,18-19H,8-9H2,(H,17,20). The van der Waals surface area contributed by atoms with Crippen LogP contribution in [0.3, 0.4) is 0 Å². The van der Waals surface area contributed by atoms with E-state index in [1.165, 1.54) is 6.07 Å². The van der Waals surface area contributed by atoms with Crippen molar-refractivity contribution in [3.8, 4) is 5.75 Å². The number of hydrogen-bond donors (Lipinski definition) is 3. The molecule has 5 heteroatoms. The topological polar surface area (TPSA) is 69.6 Å². The Kier molecular flexibility index (Phi) is 4.76. The highest BCUT2D eigenvalue weighted by Gasteiger charge is 2.07. The Balaban J connectivity index is 1.98. The second-order valence-electron chi connectivity index (χ2n) is 4.32. The molecule has 0 aliphatic carbocycles. The van der Waals surface area contributed by atoms with E-state index in [1.807, 2.05) is 24.3 Å². The summed E-state index contributed by atoms with van der Waals surface area (Å²) in [5.41, 5.74) is 2.17. The van der Waals surface area contributed by atoms with Crippen LogP contribution in [0, 0.1) is 0 Å². The van der Waals surface area contributed by atoms with Gasteiger partial charge >= 0.3 is 0 Å². The zero-order valence-corrected chi connectivity index (χ0v) is 12.2. The van der Waals surface area contributed by atoms with Crippen LogP contribution in [-0.2, 0) is 13.2 Å². The molecule has 0 radical (unpaired) electrons. The predicted octanol–water partition coefficient (Wildman–Crippen LogP) is 2.58. The van der Waals surface area contributed by atoms with E-state index < -0.39 is 0 Å². The maximum Gasteiger partial charge on any atom is 0.251 e. The zero-order valence-electron chi connectivity index (χ0n) is 10.6. The van der Waals surface area contributed by atoms with Crippen molar-refractivity contribution in [3.05, 3.63) is 63.6 Å². The first-order chi connectivity index (χ1) is 9.60. The highest BCUT2D eigenvalue weighted by molar-refractivity contribution is 9.10. The van der Waals surface area contributed by atoms with Crippen LogP contribution in [0.25, 0.3) is 0 Å². The van der Waals surface area contributed by atoms with Gasteiger partial charge in [-0.2, -0.15) is 0 Å². The Labute approximate surface area is 125 Å². The lowest BCUT2D eigenvalue weighted by molar-refractivity contribution is 0.0950. The number of aliphatic hydroxyl groups excluding tert-OH is 1. The van der Waals surface area contributed by atoms with Crippen molar-refractivity contribution in [3.63, 3.8) is 0 Å². The zero-order chi connectivity index (χ0) is 14.5. The highest BCUT2D eigenvalue weighted by atomic mass is 79.9. The number of carbonyl (C=O) groups is 1. The number of aliphatic hydroxyl groups is 1. The van der Waals surface area contributed by atoms with E-state index in [4.69, 9.17) is 5.11 Å². The largest absolute Gasteiger partial charge is 0.507 e. The fourth-order valence-corrected chi connectivity index (χ4v) is 1.95. The smallest absolute Gasteiger partial charge is 0.251 e. The molecule has 3 N–H and O–H groups in total. The normalized spacial score (nSPS) is 10.3. The van der Waals surface area contributed by atoms with Gasteiger partial charge in [0, 0.05) is 12.1 Å². The third-order valence-corrected chi connectivity index (χ3v) is 3.54. The van der Waals surface area contributed by atoms with Gasteiger partial charge in [-0.3, -0.25) is 4.79 Å². The number of rotatable bonds is 4. The molecular formula is C15H14BrNO3. The molecule has 104 valence electrons. The van der Waals surface area contributed by atoms with Gasteiger partial charge in [0.15, 0.2) is 0 Å². The molecule has 0 aromatic heterocycles. The van der Waals surface area contributed by atoms with E-state index >= 15 is 0 Å². The molecule has 0 saturated heterocycles. The Morgan fingerprint density at radius 1 is 1.10 bits per heavy atom. The van der Waals surface area contributed by atoms with Gasteiger partial charge in [0.05, 0.1) is 11.1 Å². The molecule has 0 heterocycles. The van der Waals surface area contributed by atoms with E-state index in [-0.39, 0.29) is 18.3 Å². The summed E-state index contributed by atoms with van der Waals surface area (Å²) < 4.78 is 0.550. The van der Waals surface area contributed by atoms with Crippen molar-refractivity contribution in [2.24, 2.45) is 0 Å². The van der Waals surface area contributed by atoms with Crippen LogP contribution in [0.1, 0.15) is 21.5 Å². The molecule has 2 aromatic rings. The molecular weight excluding hydrogens is 322 g/mol. The van der Waals surface area contributed by atoms with Crippen molar-refractivity contribution in [1.82, 2.24) is 5.32 Å². The SMILES string of the molecule is O=C(NCc1ccc(CO)cc1)c1ccc(Br)c(O)c1. The summed E-state index contributed by atoms with van der Waals surface area (Å²) in [6.07, 6.45) is 0. The first kappa shape index (κ1) is 14.6. The van der Waals surface area contributed by atoms with Gasteiger partial charge in [-0.15, -0.1) is 0 Å². The lowest BCUT2D eigenvalue weighted by atomic mass is 10.1. The number of carbonyl (C=O) groups excluding carboxylic acids is 1. The maximum atomic E-state index is 11.9. The number of aromatic hydroxyl groups is 1. The molecule has 0 spiro atoms. The van der Waals surface area contributed by atoms with Crippen molar-refractivity contribution in [2.75, 3.05) is 0 Å². The summed E-state index contributed by atoms with van der Waals surface area (Å²) in [6, 6.07) is 12.0. The second-order valence-corrected chi connectivity index (χ2v) is 5.18. The monoisotopic (exact) mass is 335 g/mol. The average molecular weight is 336 g/mol. The molecule has 20 heavy (non-hydrogen) atoms. The van der Waals surface area contributed by atoms with Gasteiger partial charge < -0.3 is 15.5 Å². The number of amides is 1. The van der Waals surface area contributed by atoms with Gasteiger partial charge in [-0.1, -0.05) is 24.3 Å². The van der Waals surface area contributed by atoms with E-state index in [0.717, 1.165) is 11.1 Å². The summed E-state index contributed by atoms with van der Waals surface area (Å²) in [5, 5.41) is 21.3. The van der Waals surface area contributed by atoms with E-state index in [0.29, 0.717) is 16.6 Å². The van der Waals surface area contributed by atoms with Crippen molar-refractivity contribution < 1.29 is 15.0 Å². The van der Waals surface area contributed by atoms with Crippen molar-refractivity contribution >= 4 is 21.8 Å². The minimum absolute atomic E-state index is 0.00477. The van der Waals surface area contributed by atoms with E-state index in [9.17, 15) is 9.90 Å². The molecule has 0 atom stereocenters. The summed E-state index contributed by atoms with van der Waals surface area (Å²) in [5.74, 6) is -0.219. The van der Waals surface area contributed by atoms with Crippen LogP contribution in [0.2, 0.25) is 0 Å². The minimum Gasteiger partial charge on any atom is -0.507 e.